The molecular formula is C20H29N3O2. The summed E-state index contributed by atoms with van der Waals surface area (Å²) >= 11 is 0. The number of hydrogen-bond donors (Lipinski definition) is 3. The first-order chi connectivity index (χ1) is 12.0. The van der Waals surface area contributed by atoms with Crippen molar-refractivity contribution in [3.63, 3.8) is 0 Å². The van der Waals surface area contributed by atoms with Crippen LogP contribution in [0.5, 0.6) is 0 Å². The topological polar surface area (TPSA) is 84.2 Å². The van der Waals surface area contributed by atoms with E-state index in [1.807, 2.05) is 31.2 Å². The van der Waals surface area contributed by atoms with E-state index in [0.29, 0.717) is 30.5 Å². The number of nitrogens with one attached hydrogen (secondary N) is 2. The van der Waals surface area contributed by atoms with Crippen molar-refractivity contribution in [3.05, 3.63) is 35.4 Å². The van der Waals surface area contributed by atoms with E-state index in [9.17, 15) is 9.59 Å². The highest BCUT2D eigenvalue weighted by Gasteiger charge is 2.40. The Morgan fingerprint density at radius 2 is 1.64 bits per heavy atom. The summed E-state index contributed by atoms with van der Waals surface area (Å²) in [6.07, 6.45) is 5.41. The molecule has 2 unspecified atom stereocenters. The van der Waals surface area contributed by atoms with E-state index in [2.05, 4.69) is 10.6 Å². The third-order valence-corrected chi connectivity index (χ3v) is 5.81. The molecule has 0 saturated heterocycles. The van der Waals surface area contributed by atoms with Gasteiger partial charge in [0, 0.05) is 30.6 Å². The van der Waals surface area contributed by atoms with Gasteiger partial charge in [-0.05, 0) is 56.6 Å². The standard InChI is InChI=1S/C20H29N3O2/c1-13-5-7-14(8-6-13)19(24)22-9-10-23-20(25)17-11-15-3-2-4-16(12-17)18(15)21/h5-8,15-18H,2-4,9-12,21H2,1H3,(H,22,24)(H,23,25). The van der Waals surface area contributed by atoms with Gasteiger partial charge in [0.05, 0.1) is 0 Å². The van der Waals surface area contributed by atoms with E-state index < -0.39 is 0 Å². The van der Waals surface area contributed by atoms with E-state index in [1.54, 1.807) is 0 Å². The molecule has 5 heteroatoms. The van der Waals surface area contributed by atoms with Crippen LogP contribution >= 0.6 is 0 Å². The third-order valence-electron chi connectivity index (χ3n) is 5.81. The number of carbonyl (C=O) groups is 2. The minimum absolute atomic E-state index is 0.0860. The Labute approximate surface area is 149 Å². The second-order valence-electron chi connectivity index (χ2n) is 7.61. The maximum Gasteiger partial charge on any atom is 0.251 e. The zero-order valence-corrected chi connectivity index (χ0v) is 15.0. The molecule has 5 nitrogen and oxygen atoms in total. The Morgan fingerprint density at radius 3 is 2.28 bits per heavy atom. The zero-order chi connectivity index (χ0) is 17.8. The smallest absolute Gasteiger partial charge is 0.251 e. The molecule has 2 aliphatic rings. The van der Waals surface area contributed by atoms with Crippen molar-refractivity contribution in [2.75, 3.05) is 13.1 Å². The minimum atomic E-state index is -0.104. The first kappa shape index (κ1) is 17.9. The summed E-state index contributed by atoms with van der Waals surface area (Å²) in [5.41, 5.74) is 8.06. The number of carbonyl (C=O) groups excluding carboxylic acids is 2. The summed E-state index contributed by atoms with van der Waals surface area (Å²) in [6, 6.07) is 7.75. The molecule has 2 aliphatic carbocycles. The van der Waals surface area contributed by atoms with Gasteiger partial charge in [0.1, 0.15) is 0 Å². The SMILES string of the molecule is Cc1ccc(C(=O)NCCNC(=O)C2CC3CCCC(C2)C3N)cc1. The molecule has 1 aromatic carbocycles. The molecule has 2 amide bonds. The van der Waals surface area contributed by atoms with Crippen LogP contribution in [-0.4, -0.2) is 30.9 Å². The second kappa shape index (κ2) is 8.00. The van der Waals surface area contributed by atoms with Crippen molar-refractivity contribution in [1.29, 1.82) is 0 Å². The maximum absolute atomic E-state index is 12.4. The molecule has 0 aromatic heterocycles. The predicted molar refractivity (Wildman–Crippen MR) is 98.1 cm³/mol. The van der Waals surface area contributed by atoms with Crippen molar-refractivity contribution < 1.29 is 9.59 Å². The van der Waals surface area contributed by atoms with Gasteiger partial charge >= 0.3 is 0 Å². The van der Waals surface area contributed by atoms with E-state index in [0.717, 1.165) is 31.2 Å². The molecule has 25 heavy (non-hydrogen) atoms. The van der Waals surface area contributed by atoms with Crippen LogP contribution in [0.1, 0.15) is 48.0 Å². The van der Waals surface area contributed by atoms with E-state index >= 15 is 0 Å². The first-order valence-corrected chi connectivity index (χ1v) is 9.42. The Bertz CT molecular complexity index is 600. The summed E-state index contributed by atoms with van der Waals surface area (Å²) < 4.78 is 0. The van der Waals surface area contributed by atoms with E-state index in [-0.39, 0.29) is 23.8 Å². The molecule has 0 radical (unpaired) electrons. The maximum atomic E-state index is 12.4. The van der Waals surface area contributed by atoms with Crippen LogP contribution in [0, 0.1) is 24.7 Å². The highest BCUT2D eigenvalue weighted by molar-refractivity contribution is 5.94. The average molecular weight is 343 g/mol. The molecule has 2 bridgehead atoms. The highest BCUT2D eigenvalue weighted by Crippen LogP contribution is 2.41. The quantitative estimate of drug-likeness (QED) is 0.715. The number of benzene rings is 1. The lowest BCUT2D eigenvalue weighted by Crippen LogP contribution is -2.49. The average Bonchev–Trinajstić information content (AvgIpc) is 2.58. The van der Waals surface area contributed by atoms with Crippen molar-refractivity contribution >= 4 is 11.8 Å². The number of hydrogen-bond acceptors (Lipinski definition) is 3. The number of aryl methyl sites for hydroxylation is 1. The number of rotatable bonds is 5. The van der Waals surface area contributed by atoms with Crippen LogP contribution in [0.4, 0.5) is 0 Å². The Morgan fingerprint density at radius 1 is 1.04 bits per heavy atom. The largest absolute Gasteiger partial charge is 0.354 e. The summed E-state index contributed by atoms with van der Waals surface area (Å²) in [5.74, 6) is 1.11. The second-order valence-corrected chi connectivity index (χ2v) is 7.61. The molecule has 0 heterocycles. The van der Waals surface area contributed by atoms with Crippen LogP contribution in [0.3, 0.4) is 0 Å². The Balaban J connectivity index is 1.39. The molecule has 0 aliphatic heterocycles. The van der Waals surface area contributed by atoms with Crippen LogP contribution in [0.2, 0.25) is 0 Å². The Kier molecular flexibility index (Phi) is 5.74. The summed E-state index contributed by atoms with van der Waals surface area (Å²) in [7, 11) is 0. The summed E-state index contributed by atoms with van der Waals surface area (Å²) in [5, 5.41) is 5.83. The molecule has 2 fully saturated rings. The summed E-state index contributed by atoms with van der Waals surface area (Å²) in [4.78, 5) is 24.5. The van der Waals surface area contributed by atoms with Gasteiger partial charge in [-0.3, -0.25) is 9.59 Å². The van der Waals surface area contributed by atoms with Gasteiger partial charge in [-0.25, -0.2) is 0 Å². The van der Waals surface area contributed by atoms with Gasteiger partial charge in [0.15, 0.2) is 0 Å². The lowest BCUT2D eigenvalue weighted by atomic mass is 9.65. The number of nitrogens with two attached hydrogens (primary N) is 1. The van der Waals surface area contributed by atoms with Gasteiger partial charge < -0.3 is 16.4 Å². The fraction of sp³-hybridized carbons (Fsp3) is 0.600. The number of fused-ring (bicyclic) bond motifs is 2. The molecule has 3 rings (SSSR count). The zero-order valence-electron chi connectivity index (χ0n) is 15.0. The fourth-order valence-corrected chi connectivity index (χ4v) is 4.32. The molecule has 2 atom stereocenters. The van der Waals surface area contributed by atoms with Crippen LogP contribution in [-0.2, 0) is 4.79 Å². The predicted octanol–water partition coefficient (Wildman–Crippen LogP) is 1.99. The van der Waals surface area contributed by atoms with Crippen LogP contribution in [0.25, 0.3) is 0 Å². The van der Waals surface area contributed by atoms with Gasteiger partial charge in [0.25, 0.3) is 5.91 Å². The van der Waals surface area contributed by atoms with Crippen molar-refractivity contribution in [1.82, 2.24) is 10.6 Å². The molecule has 2 saturated carbocycles. The molecule has 1 aromatic rings. The first-order valence-electron chi connectivity index (χ1n) is 9.42. The van der Waals surface area contributed by atoms with Gasteiger partial charge in [-0.15, -0.1) is 0 Å². The van der Waals surface area contributed by atoms with Gasteiger partial charge in [-0.2, -0.15) is 0 Å². The minimum Gasteiger partial charge on any atom is -0.354 e. The normalized spacial score (nSPS) is 28.2. The van der Waals surface area contributed by atoms with Crippen molar-refractivity contribution in [3.8, 4) is 0 Å². The van der Waals surface area contributed by atoms with Gasteiger partial charge in [-0.1, -0.05) is 24.1 Å². The van der Waals surface area contributed by atoms with E-state index in [1.165, 1.54) is 6.42 Å². The van der Waals surface area contributed by atoms with Crippen molar-refractivity contribution in [2.45, 2.75) is 45.1 Å². The fourth-order valence-electron chi connectivity index (χ4n) is 4.32. The highest BCUT2D eigenvalue weighted by atomic mass is 16.2. The Hall–Kier alpha value is -1.88. The third kappa shape index (κ3) is 4.40. The molecule has 136 valence electrons. The molecular weight excluding hydrogens is 314 g/mol. The lowest BCUT2D eigenvalue weighted by molar-refractivity contribution is -0.127. The van der Waals surface area contributed by atoms with Crippen LogP contribution < -0.4 is 16.4 Å². The monoisotopic (exact) mass is 343 g/mol. The lowest BCUT2D eigenvalue weighted by Gasteiger charge is -2.43. The van der Waals surface area contributed by atoms with Crippen molar-refractivity contribution in [2.24, 2.45) is 23.5 Å². The molecule has 4 N–H and O–H groups in total. The summed E-state index contributed by atoms with van der Waals surface area (Å²) in [6.45, 7) is 2.90. The van der Waals surface area contributed by atoms with Gasteiger partial charge in [0.2, 0.25) is 5.91 Å². The molecule has 0 spiro atoms. The number of amides is 2. The van der Waals surface area contributed by atoms with E-state index in [4.69, 9.17) is 5.73 Å². The van der Waals surface area contributed by atoms with Crippen LogP contribution in [0.15, 0.2) is 24.3 Å².